The smallest absolute Gasteiger partial charge is 0.413 e. The second kappa shape index (κ2) is 20.3. The number of alkyl halides is 2. The maximum atomic E-state index is 15.6. The quantitative estimate of drug-likeness (QED) is 0.0472. The number of nitrogens with one attached hydrogen (secondary N) is 3. The number of rotatable bonds is 19. The van der Waals surface area contributed by atoms with E-state index in [0.29, 0.717) is 38.2 Å². The number of esters is 2. The monoisotopic (exact) mass is 899 g/mol. The first kappa shape index (κ1) is 46.3. The minimum atomic E-state index is -4.60. The molecule has 0 unspecified atom stereocenters. The fraction of sp³-hybridized carbons (Fsp3) is 0.341. The summed E-state index contributed by atoms with van der Waals surface area (Å²) in [6, 6.07) is 20.6. The van der Waals surface area contributed by atoms with Gasteiger partial charge < -0.3 is 42.5 Å². The number of amides is 1. The summed E-state index contributed by atoms with van der Waals surface area (Å²) >= 11 is 0. The Kier molecular flexibility index (Phi) is 14.9. The highest BCUT2D eigenvalue weighted by atomic mass is 31.2. The predicted octanol–water partition coefficient (Wildman–Crippen LogP) is 5.22. The average molecular weight is 900 g/mol. The molecule has 3 aromatic carbocycles. The van der Waals surface area contributed by atoms with Crippen LogP contribution >= 0.6 is 7.67 Å². The topological polar surface area (TPSA) is 237 Å². The minimum Gasteiger partial charge on any atom is -0.497 e. The Morgan fingerprint density at radius 1 is 0.873 bits per heavy atom. The van der Waals surface area contributed by atoms with Crippen molar-refractivity contribution in [2.45, 2.75) is 70.1 Å². The lowest BCUT2D eigenvalue weighted by Gasteiger charge is -2.27. The Hall–Kier alpha value is -6.22. The molecule has 336 valence electrons. The van der Waals surface area contributed by atoms with E-state index in [0.717, 1.165) is 12.3 Å². The first-order valence-corrected chi connectivity index (χ1v) is 20.8. The van der Waals surface area contributed by atoms with E-state index in [1.165, 1.54) is 28.1 Å². The number of aliphatic hydroxyl groups is 1. The van der Waals surface area contributed by atoms with Crippen LogP contribution in [0.1, 0.15) is 37.0 Å². The molecule has 3 heterocycles. The Labute approximate surface area is 358 Å². The summed E-state index contributed by atoms with van der Waals surface area (Å²) in [5.74, 6) is -5.15. The summed E-state index contributed by atoms with van der Waals surface area (Å²) in [5, 5.41) is 18.4. The molecule has 6 rings (SSSR count). The Morgan fingerprint density at radius 2 is 1.48 bits per heavy atom. The lowest BCUT2D eigenvalue weighted by molar-refractivity contribution is -0.147. The molecule has 5 aromatic rings. The zero-order valence-corrected chi connectivity index (χ0v) is 35.1. The van der Waals surface area contributed by atoms with Gasteiger partial charge in [0.15, 0.2) is 24.0 Å². The van der Waals surface area contributed by atoms with Crippen molar-refractivity contribution in [3.8, 4) is 11.5 Å². The van der Waals surface area contributed by atoms with Crippen LogP contribution in [0.15, 0.2) is 100 Å². The third kappa shape index (κ3) is 11.6. The van der Waals surface area contributed by atoms with Crippen LogP contribution in [0.2, 0.25) is 0 Å². The lowest BCUT2D eigenvalue weighted by Crippen LogP contribution is -2.44. The molecule has 63 heavy (non-hydrogen) atoms. The summed E-state index contributed by atoms with van der Waals surface area (Å²) in [6.45, 7) is 0.971. The Bertz CT molecular complexity index is 2420. The average Bonchev–Trinajstić information content (AvgIpc) is 3.79. The zero-order valence-electron chi connectivity index (χ0n) is 34.2. The highest BCUT2D eigenvalue weighted by Crippen LogP contribution is 2.45. The van der Waals surface area contributed by atoms with Crippen molar-refractivity contribution in [3.63, 3.8) is 0 Å². The summed E-state index contributed by atoms with van der Waals surface area (Å²) in [4.78, 5) is 55.0. The first-order valence-electron chi connectivity index (χ1n) is 19.2. The van der Waals surface area contributed by atoms with Crippen LogP contribution < -0.4 is 30.7 Å². The van der Waals surface area contributed by atoms with Gasteiger partial charge in [-0.25, -0.2) is 19.8 Å². The van der Waals surface area contributed by atoms with E-state index in [2.05, 4.69) is 20.5 Å². The molecule has 19 nitrogen and oxygen atoms in total. The van der Waals surface area contributed by atoms with Gasteiger partial charge in [-0.05, 0) is 43.2 Å². The fourth-order valence-electron chi connectivity index (χ4n) is 6.15. The molecule has 0 radical (unpaired) electrons. The molecule has 0 bridgehead atoms. The van der Waals surface area contributed by atoms with Crippen molar-refractivity contribution in [3.05, 3.63) is 118 Å². The number of fused-ring (bicyclic) bond motifs is 1. The molecule has 4 N–H and O–H groups in total. The van der Waals surface area contributed by atoms with Gasteiger partial charge >= 0.3 is 37.3 Å². The summed E-state index contributed by atoms with van der Waals surface area (Å²) < 4.78 is 88.9. The number of nitrogens with zero attached hydrogens (tertiary/aromatic N) is 2. The van der Waals surface area contributed by atoms with Gasteiger partial charge in [0.05, 0.1) is 20.8 Å². The standard InChI is InChI=1S/C41H44F2N5O14P/c1-24(36(50)57-20-26-11-7-5-8-12-26)46-63(54,47-25(2)37(51)58-21-27-13-9-6-10-14-27)60-23-32-35(49)41(42,43)38(62-32)48-16-15-33(44-39(48)52)45-40(53)59-22-30-18-28-17-29(55-3)19-31(56-4)34(28)61-30/h5-19,24-25,32,35,38,49H,20-23H2,1-4H3,(H2,46,47,54)(H,44,45,52,53)/t24-,25-,32+,35+,38+/m0/s1. The molecular weight excluding hydrogens is 855 g/mol. The number of anilines is 1. The number of carbonyl (C=O) groups excluding carboxylic acids is 3. The minimum absolute atomic E-state index is 0.128. The summed E-state index contributed by atoms with van der Waals surface area (Å²) in [7, 11) is -1.67. The largest absolute Gasteiger partial charge is 0.497 e. The van der Waals surface area contributed by atoms with Crippen molar-refractivity contribution in [1.82, 2.24) is 19.7 Å². The summed E-state index contributed by atoms with van der Waals surface area (Å²) in [6.07, 6.45) is -7.23. The molecule has 1 aliphatic rings. The molecule has 22 heteroatoms. The van der Waals surface area contributed by atoms with Gasteiger partial charge in [-0.3, -0.25) is 24.0 Å². The Morgan fingerprint density at radius 3 is 2.03 bits per heavy atom. The van der Waals surface area contributed by atoms with E-state index in [4.69, 9.17) is 37.4 Å². The molecule has 0 aliphatic carbocycles. The van der Waals surface area contributed by atoms with E-state index < -0.39 is 74.4 Å². The molecule has 1 aliphatic heterocycles. The van der Waals surface area contributed by atoms with E-state index in [1.807, 2.05) is 0 Å². The number of halogens is 2. The number of carbonyl (C=O) groups is 3. The molecule has 0 spiro atoms. The maximum absolute atomic E-state index is 15.6. The molecule has 1 saturated heterocycles. The van der Waals surface area contributed by atoms with Crippen LogP contribution in [-0.2, 0) is 57.4 Å². The SMILES string of the molecule is COc1cc(OC)c2oc(COC(=O)Nc3ccn([C@@H]4O[C@H](COP(=O)(N[C@@H](C)C(=O)OCc5ccccc5)N[C@@H](C)C(=O)OCc5ccccc5)[C@@H](O)C4(F)F)c(=O)n3)cc2c1. The van der Waals surface area contributed by atoms with Crippen LogP contribution in [0.3, 0.4) is 0 Å². The molecule has 5 atom stereocenters. The normalized spacial score (nSPS) is 18.0. The molecule has 1 fully saturated rings. The van der Waals surface area contributed by atoms with E-state index in [1.54, 1.807) is 78.9 Å². The number of hydrogen-bond acceptors (Lipinski definition) is 15. The van der Waals surface area contributed by atoms with Gasteiger partial charge in [-0.1, -0.05) is 60.7 Å². The van der Waals surface area contributed by atoms with Crippen LogP contribution in [0.5, 0.6) is 11.5 Å². The fourth-order valence-corrected chi connectivity index (χ4v) is 7.96. The number of methoxy groups -OCH3 is 2. The number of ether oxygens (including phenoxy) is 6. The van der Waals surface area contributed by atoms with Gasteiger partial charge in [0.1, 0.15) is 48.7 Å². The predicted molar refractivity (Wildman–Crippen MR) is 218 cm³/mol. The highest BCUT2D eigenvalue weighted by molar-refractivity contribution is 7.54. The number of hydrogen-bond donors (Lipinski definition) is 4. The van der Waals surface area contributed by atoms with Crippen molar-refractivity contribution in [2.75, 3.05) is 26.1 Å². The molecular formula is C41H44F2N5O14P. The van der Waals surface area contributed by atoms with E-state index in [-0.39, 0.29) is 31.4 Å². The molecule has 2 aromatic heterocycles. The Balaban J connectivity index is 1.09. The van der Waals surface area contributed by atoms with Crippen LogP contribution in [-0.4, -0.2) is 83.7 Å². The number of benzene rings is 3. The number of aliphatic hydroxyl groups excluding tert-OH is 1. The van der Waals surface area contributed by atoms with Crippen molar-refractivity contribution in [2.24, 2.45) is 0 Å². The van der Waals surface area contributed by atoms with E-state index in [9.17, 15) is 28.8 Å². The number of furan rings is 1. The first-order chi connectivity index (χ1) is 30.1. The number of aromatic nitrogens is 2. The van der Waals surface area contributed by atoms with Gasteiger partial charge in [0.25, 0.3) is 0 Å². The van der Waals surface area contributed by atoms with E-state index >= 15 is 8.78 Å². The molecule has 0 saturated carbocycles. The van der Waals surface area contributed by atoms with Crippen molar-refractivity contribution < 1.29 is 70.2 Å². The molecule has 1 amide bonds. The zero-order chi connectivity index (χ0) is 45.3. The van der Waals surface area contributed by atoms with Crippen molar-refractivity contribution >= 4 is 42.5 Å². The van der Waals surface area contributed by atoms with Crippen LogP contribution in [0.25, 0.3) is 11.0 Å². The third-order valence-electron chi connectivity index (χ3n) is 9.40. The van der Waals surface area contributed by atoms with Gasteiger partial charge in [-0.15, -0.1) is 0 Å². The van der Waals surface area contributed by atoms with Crippen molar-refractivity contribution in [1.29, 1.82) is 0 Å². The second-order valence-corrected chi connectivity index (χ2v) is 15.9. The second-order valence-electron chi connectivity index (χ2n) is 14.0. The van der Waals surface area contributed by atoms with Crippen LogP contribution in [0.4, 0.5) is 19.4 Å². The summed E-state index contributed by atoms with van der Waals surface area (Å²) in [5.41, 5.74) is 0.391. The lowest BCUT2D eigenvalue weighted by atomic mass is 10.1. The van der Waals surface area contributed by atoms with Gasteiger partial charge in [0, 0.05) is 17.6 Å². The van der Waals surface area contributed by atoms with Gasteiger partial charge in [0.2, 0.25) is 6.23 Å². The van der Waals surface area contributed by atoms with Crippen LogP contribution in [0, 0.1) is 0 Å². The highest BCUT2D eigenvalue weighted by Gasteiger charge is 2.60. The third-order valence-corrected chi connectivity index (χ3v) is 11.4. The van der Waals surface area contributed by atoms with Gasteiger partial charge in [-0.2, -0.15) is 13.8 Å². The maximum Gasteiger partial charge on any atom is 0.413 e.